The van der Waals surface area contributed by atoms with E-state index in [-0.39, 0.29) is 11.0 Å². The Bertz CT molecular complexity index is 908. The molecule has 4 N–H and O–H groups in total. The molecule has 0 bridgehead atoms. The number of thiocarbonyl (C=S) groups is 1. The van der Waals surface area contributed by atoms with E-state index in [0.29, 0.717) is 16.1 Å². The minimum atomic E-state index is -0.464. The molecule has 0 unspecified atom stereocenters. The zero-order chi connectivity index (χ0) is 18.8. The monoisotopic (exact) mass is 499 g/mol. The summed E-state index contributed by atoms with van der Waals surface area (Å²) in [5.41, 5.74) is 8.75. The summed E-state index contributed by atoms with van der Waals surface area (Å²) in [5, 5.41) is 6.44. The largest absolute Gasteiger partial charge is 0.365 e. The Hall–Kier alpha value is -1.52. The van der Waals surface area contributed by atoms with Gasteiger partial charge in [-0.2, -0.15) is 0 Å². The van der Waals surface area contributed by atoms with Crippen molar-refractivity contribution in [3.63, 3.8) is 0 Å². The van der Waals surface area contributed by atoms with Crippen molar-refractivity contribution < 1.29 is 9.59 Å². The lowest BCUT2D eigenvalue weighted by atomic mass is 9.95. The van der Waals surface area contributed by atoms with Crippen molar-refractivity contribution in [1.82, 2.24) is 5.32 Å². The second-order valence-corrected chi connectivity index (χ2v) is 8.83. The van der Waals surface area contributed by atoms with E-state index in [1.807, 2.05) is 19.1 Å². The van der Waals surface area contributed by atoms with Crippen LogP contribution in [0.5, 0.6) is 0 Å². The molecule has 0 saturated carbocycles. The highest BCUT2D eigenvalue weighted by Crippen LogP contribution is 2.37. The van der Waals surface area contributed by atoms with E-state index >= 15 is 0 Å². The molecular weight excluding hydrogens is 481 g/mol. The topological polar surface area (TPSA) is 84.2 Å². The number of carbonyl (C=O) groups is 2. The molecule has 2 amide bonds. The molecule has 0 radical (unpaired) electrons. The number of amides is 2. The van der Waals surface area contributed by atoms with Gasteiger partial charge in [0.05, 0.1) is 5.56 Å². The molecular formula is C18H18IN3O2S2. The summed E-state index contributed by atoms with van der Waals surface area (Å²) in [6.45, 7) is 1.99. The van der Waals surface area contributed by atoms with Crippen LogP contribution in [0, 0.1) is 10.5 Å². The number of primary amides is 1. The molecule has 3 rings (SSSR count). The molecule has 0 fully saturated rings. The maximum atomic E-state index is 12.4. The number of fused-ring (bicyclic) bond motifs is 1. The van der Waals surface area contributed by atoms with Gasteiger partial charge < -0.3 is 11.1 Å². The predicted molar refractivity (Wildman–Crippen MR) is 117 cm³/mol. The van der Waals surface area contributed by atoms with Crippen LogP contribution < -0.4 is 16.4 Å². The smallest absolute Gasteiger partial charge is 0.257 e. The summed E-state index contributed by atoms with van der Waals surface area (Å²) in [7, 11) is 0. The van der Waals surface area contributed by atoms with Crippen LogP contribution in [0.3, 0.4) is 0 Å². The number of nitrogens with two attached hydrogens (primary N) is 1. The van der Waals surface area contributed by atoms with Crippen molar-refractivity contribution in [2.24, 2.45) is 5.73 Å². The number of aryl methyl sites for hydroxylation is 2. The second kappa shape index (κ2) is 8.01. The van der Waals surface area contributed by atoms with Gasteiger partial charge in [-0.15, -0.1) is 11.3 Å². The summed E-state index contributed by atoms with van der Waals surface area (Å²) in [5.74, 6) is -0.753. The molecule has 1 aliphatic rings. The van der Waals surface area contributed by atoms with E-state index in [4.69, 9.17) is 18.0 Å². The number of rotatable bonds is 3. The highest BCUT2D eigenvalue weighted by Gasteiger charge is 2.24. The van der Waals surface area contributed by atoms with E-state index in [1.54, 1.807) is 6.07 Å². The van der Waals surface area contributed by atoms with E-state index < -0.39 is 5.91 Å². The van der Waals surface area contributed by atoms with Gasteiger partial charge in [-0.25, -0.2) is 0 Å². The Labute approximate surface area is 174 Å². The standard InChI is InChI=1S/C18H18IN3O2S2/c1-9-6-7-10(8-12(9)19)16(24)21-18(25)22-17-14(15(20)23)11-4-2-3-5-13(11)26-17/h6-8H,2-5H2,1H3,(H2,20,23)(H2,21,22,24,25). The average Bonchev–Trinajstić information content (AvgIpc) is 2.94. The summed E-state index contributed by atoms with van der Waals surface area (Å²) in [6.07, 6.45) is 3.96. The summed E-state index contributed by atoms with van der Waals surface area (Å²) in [4.78, 5) is 25.5. The molecule has 1 aliphatic carbocycles. The van der Waals surface area contributed by atoms with Gasteiger partial charge in [-0.3, -0.25) is 14.9 Å². The first-order chi connectivity index (χ1) is 12.4. The highest BCUT2D eigenvalue weighted by molar-refractivity contribution is 14.1. The van der Waals surface area contributed by atoms with Crippen LogP contribution in [-0.2, 0) is 12.8 Å². The first-order valence-electron chi connectivity index (χ1n) is 8.19. The van der Waals surface area contributed by atoms with Gasteiger partial charge in [-0.05, 0) is 90.7 Å². The molecule has 26 heavy (non-hydrogen) atoms. The second-order valence-electron chi connectivity index (χ2n) is 6.15. The van der Waals surface area contributed by atoms with Crippen LogP contribution in [0.4, 0.5) is 5.00 Å². The molecule has 1 aromatic carbocycles. The SMILES string of the molecule is Cc1ccc(C(=O)NC(=S)Nc2sc3c(c2C(N)=O)CCCC3)cc1I. The third kappa shape index (κ3) is 4.07. The lowest BCUT2D eigenvalue weighted by molar-refractivity contribution is 0.0975. The molecule has 5 nitrogen and oxygen atoms in total. The fraction of sp³-hybridized carbons (Fsp3) is 0.278. The van der Waals surface area contributed by atoms with Crippen molar-refractivity contribution in [1.29, 1.82) is 0 Å². The van der Waals surface area contributed by atoms with Gasteiger partial charge in [0.25, 0.3) is 11.8 Å². The first kappa shape index (κ1) is 19.2. The zero-order valence-electron chi connectivity index (χ0n) is 14.1. The molecule has 1 aromatic heterocycles. The number of benzene rings is 1. The zero-order valence-corrected chi connectivity index (χ0v) is 17.9. The number of hydrogen-bond acceptors (Lipinski definition) is 4. The quantitative estimate of drug-likeness (QED) is 0.444. The number of carbonyl (C=O) groups excluding carboxylic acids is 2. The number of anilines is 1. The van der Waals surface area contributed by atoms with Crippen LogP contribution in [0.15, 0.2) is 18.2 Å². The maximum absolute atomic E-state index is 12.4. The van der Waals surface area contributed by atoms with E-state index in [0.717, 1.165) is 40.4 Å². The van der Waals surface area contributed by atoms with Gasteiger partial charge in [0, 0.05) is 14.0 Å². The number of thiophene rings is 1. The third-order valence-electron chi connectivity index (χ3n) is 4.31. The van der Waals surface area contributed by atoms with E-state index in [2.05, 4.69) is 33.2 Å². The van der Waals surface area contributed by atoms with Crippen molar-refractivity contribution >= 4 is 68.1 Å². The van der Waals surface area contributed by atoms with Crippen molar-refractivity contribution in [3.8, 4) is 0 Å². The van der Waals surface area contributed by atoms with Crippen LogP contribution in [0.25, 0.3) is 0 Å². The van der Waals surface area contributed by atoms with Gasteiger partial charge in [0.1, 0.15) is 5.00 Å². The van der Waals surface area contributed by atoms with Gasteiger partial charge in [-0.1, -0.05) is 6.07 Å². The number of hydrogen-bond donors (Lipinski definition) is 3. The lowest BCUT2D eigenvalue weighted by Gasteiger charge is -2.12. The Morgan fingerprint density at radius 1 is 1.27 bits per heavy atom. The lowest BCUT2D eigenvalue weighted by Crippen LogP contribution is -2.34. The van der Waals surface area contributed by atoms with Gasteiger partial charge in [0.2, 0.25) is 0 Å². The molecule has 0 saturated heterocycles. The third-order valence-corrected chi connectivity index (χ3v) is 6.88. The van der Waals surface area contributed by atoms with E-state index in [9.17, 15) is 9.59 Å². The van der Waals surface area contributed by atoms with Crippen LogP contribution >= 0.6 is 46.1 Å². The molecule has 0 aliphatic heterocycles. The van der Waals surface area contributed by atoms with E-state index in [1.165, 1.54) is 16.2 Å². The minimum Gasteiger partial charge on any atom is -0.365 e. The predicted octanol–water partition coefficient (Wildman–Crippen LogP) is 3.77. The maximum Gasteiger partial charge on any atom is 0.257 e. The average molecular weight is 499 g/mol. The molecule has 2 aromatic rings. The van der Waals surface area contributed by atoms with Crippen molar-refractivity contribution in [2.75, 3.05) is 5.32 Å². The Balaban J connectivity index is 1.76. The summed E-state index contributed by atoms with van der Waals surface area (Å²) >= 11 is 8.95. The van der Waals surface area contributed by atoms with Crippen molar-refractivity contribution in [2.45, 2.75) is 32.6 Å². The van der Waals surface area contributed by atoms with Crippen LogP contribution in [0.2, 0.25) is 0 Å². The minimum absolute atomic E-state index is 0.159. The highest BCUT2D eigenvalue weighted by atomic mass is 127. The molecule has 8 heteroatoms. The normalized spacial score (nSPS) is 13.0. The number of halogens is 1. The van der Waals surface area contributed by atoms with Crippen LogP contribution in [-0.4, -0.2) is 16.9 Å². The van der Waals surface area contributed by atoms with Crippen molar-refractivity contribution in [3.05, 3.63) is 48.9 Å². The van der Waals surface area contributed by atoms with Crippen LogP contribution in [0.1, 0.15) is 49.6 Å². The Kier molecular flexibility index (Phi) is 5.93. The molecule has 0 spiro atoms. The molecule has 0 atom stereocenters. The fourth-order valence-electron chi connectivity index (χ4n) is 2.96. The fourth-order valence-corrected chi connectivity index (χ4v) is 5.03. The molecule has 136 valence electrons. The summed E-state index contributed by atoms with van der Waals surface area (Å²) in [6, 6.07) is 5.46. The van der Waals surface area contributed by atoms with Gasteiger partial charge >= 0.3 is 0 Å². The number of nitrogens with one attached hydrogen (secondary N) is 2. The Morgan fingerprint density at radius 2 is 2.00 bits per heavy atom. The first-order valence-corrected chi connectivity index (χ1v) is 10.5. The summed E-state index contributed by atoms with van der Waals surface area (Å²) < 4.78 is 1.01. The molecule has 1 heterocycles. The Morgan fingerprint density at radius 3 is 2.69 bits per heavy atom. The van der Waals surface area contributed by atoms with Gasteiger partial charge in [0.15, 0.2) is 5.11 Å².